The summed E-state index contributed by atoms with van der Waals surface area (Å²) >= 11 is 0. The second-order valence-electron chi connectivity index (χ2n) is 7.07. The maximum Gasteiger partial charge on any atom is 0.416 e. The Kier molecular flexibility index (Phi) is 6.33. The number of hydrogen-bond donors (Lipinski definition) is 1. The van der Waals surface area contributed by atoms with Crippen LogP contribution in [0.2, 0.25) is 0 Å². The van der Waals surface area contributed by atoms with E-state index in [0.717, 1.165) is 12.1 Å². The summed E-state index contributed by atoms with van der Waals surface area (Å²) in [6.45, 7) is 6.89. The molecule has 0 bridgehead atoms. The van der Waals surface area contributed by atoms with Crippen molar-refractivity contribution in [2.75, 3.05) is 11.9 Å². The molecule has 7 nitrogen and oxygen atoms in total. The highest BCUT2D eigenvalue weighted by molar-refractivity contribution is 6.04. The third-order valence-electron chi connectivity index (χ3n) is 4.62. The lowest BCUT2D eigenvalue weighted by molar-refractivity contribution is -0.137. The van der Waals surface area contributed by atoms with Crippen molar-refractivity contribution in [2.24, 2.45) is 0 Å². The number of nitrogens with one attached hydrogen (secondary N) is 1. The van der Waals surface area contributed by atoms with E-state index < -0.39 is 23.6 Å². The second kappa shape index (κ2) is 8.81. The van der Waals surface area contributed by atoms with Gasteiger partial charge in [0.1, 0.15) is 5.69 Å². The molecule has 0 saturated heterocycles. The maximum atomic E-state index is 13.3. The first kappa shape index (κ1) is 23.0. The molecule has 0 aliphatic heterocycles. The number of alkyl halides is 3. The average molecular weight is 446 g/mol. The third kappa shape index (κ3) is 4.79. The summed E-state index contributed by atoms with van der Waals surface area (Å²) in [6, 6.07) is 7.50. The fourth-order valence-corrected chi connectivity index (χ4v) is 3.17. The molecule has 3 aromatic rings. The van der Waals surface area contributed by atoms with E-state index in [4.69, 9.17) is 4.74 Å². The van der Waals surface area contributed by atoms with Gasteiger partial charge in [-0.15, -0.1) is 0 Å². The maximum absolute atomic E-state index is 13.3. The van der Waals surface area contributed by atoms with Gasteiger partial charge in [-0.3, -0.25) is 4.79 Å². The van der Waals surface area contributed by atoms with Crippen LogP contribution in [0.4, 0.5) is 18.9 Å². The number of rotatable bonds is 5. The van der Waals surface area contributed by atoms with E-state index in [2.05, 4.69) is 15.4 Å². The first-order valence-corrected chi connectivity index (χ1v) is 9.72. The standard InChI is InChI=1S/C22H21F3N4O3/c1-5-32-21(31)16-7-8-17(26-14(16)4)20(30)27-18-11-15(22(23,24)25)6-9-19(18)29-13(3)10-12(2)28-29/h6-11H,5H2,1-4H3,(H,27,30). The number of pyridine rings is 1. The van der Waals surface area contributed by atoms with Crippen molar-refractivity contribution < 1.29 is 27.5 Å². The summed E-state index contributed by atoms with van der Waals surface area (Å²) in [5.41, 5.74) is 1.04. The van der Waals surface area contributed by atoms with Gasteiger partial charge in [0.05, 0.1) is 40.5 Å². The van der Waals surface area contributed by atoms with Gasteiger partial charge in [-0.05, 0) is 64.1 Å². The van der Waals surface area contributed by atoms with Crippen LogP contribution in [0.15, 0.2) is 36.4 Å². The van der Waals surface area contributed by atoms with E-state index in [-0.39, 0.29) is 34.9 Å². The van der Waals surface area contributed by atoms with E-state index in [0.29, 0.717) is 11.4 Å². The molecule has 0 radical (unpaired) electrons. The number of nitrogens with zero attached hydrogens (tertiary/aromatic N) is 3. The highest BCUT2D eigenvalue weighted by Gasteiger charge is 2.31. The number of aromatic nitrogens is 3. The average Bonchev–Trinajstić information content (AvgIpc) is 3.05. The number of amides is 1. The topological polar surface area (TPSA) is 86.1 Å². The molecule has 0 fully saturated rings. The first-order valence-electron chi connectivity index (χ1n) is 9.72. The Balaban J connectivity index is 1.99. The Morgan fingerprint density at radius 3 is 2.38 bits per heavy atom. The van der Waals surface area contributed by atoms with Crippen molar-refractivity contribution in [3.8, 4) is 5.69 Å². The number of carbonyl (C=O) groups excluding carboxylic acids is 2. The van der Waals surface area contributed by atoms with Gasteiger partial charge >= 0.3 is 12.1 Å². The Morgan fingerprint density at radius 1 is 1.09 bits per heavy atom. The van der Waals surface area contributed by atoms with Crippen LogP contribution in [0, 0.1) is 20.8 Å². The Morgan fingerprint density at radius 2 is 1.81 bits per heavy atom. The minimum atomic E-state index is -4.59. The van der Waals surface area contributed by atoms with Crippen LogP contribution in [-0.4, -0.2) is 33.2 Å². The van der Waals surface area contributed by atoms with Crippen LogP contribution >= 0.6 is 0 Å². The molecular weight excluding hydrogens is 425 g/mol. The molecule has 32 heavy (non-hydrogen) atoms. The smallest absolute Gasteiger partial charge is 0.416 e. The monoisotopic (exact) mass is 446 g/mol. The minimum absolute atomic E-state index is 0.0627. The molecule has 1 aromatic carbocycles. The largest absolute Gasteiger partial charge is 0.462 e. The summed E-state index contributed by atoms with van der Waals surface area (Å²) in [6.07, 6.45) is -4.59. The molecule has 0 spiro atoms. The van der Waals surface area contributed by atoms with Crippen molar-refractivity contribution in [3.63, 3.8) is 0 Å². The van der Waals surface area contributed by atoms with Crippen LogP contribution in [0.3, 0.4) is 0 Å². The van der Waals surface area contributed by atoms with E-state index in [9.17, 15) is 22.8 Å². The number of halogens is 3. The van der Waals surface area contributed by atoms with Crippen molar-refractivity contribution in [1.29, 1.82) is 0 Å². The lowest BCUT2D eigenvalue weighted by Crippen LogP contribution is -2.18. The fraction of sp³-hybridized carbons (Fsp3) is 0.273. The van der Waals surface area contributed by atoms with Crippen LogP contribution < -0.4 is 5.32 Å². The molecule has 0 aliphatic rings. The number of benzene rings is 1. The molecule has 0 saturated carbocycles. The lowest BCUT2D eigenvalue weighted by Gasteiger charge is -2.16. The van der Waals surface area contributed by atoms with Gasteiger partial charge in [0.2, 0.25) is 0 Å². The number of ether oxygens (including phenoxy) is 1. The van der Waals surface area contributed by atoms with Crippen LogP contribution in [0.25, 0.3) is 5.69 Å². The van der Waals surface area contributed by atoms with Gasteiger partial charge in [0.15, 0.2) is 0 Å². The number of carbonyl (C=O) groups is 2. The summed E-state index contributed by atoms with van der Waals surface area (Å²) in [4.78, 5) is 28.8. The van der Waals surface area contributed by atoms with Gasteiger partial charge in [-0.1, -0.05) is 0 Å². The molecule has 2 heterocycles. The molecule has 1 N–H and O–H groups in total. The molecule has 3 rings (SSSR count). The first-order chi connectivity index (χ1) is 15.0. The Hall–Kier alpha value is -3.69. The predicted octanol–water partition coefficient (Wildman–Crippen LogP) is 4.64. The van der Waals surface area contributed by atoms with E-state index >= 15 is 0 Å². The summed E-state index contributed by atoms with van der Waals surface area (Å²) in [5.74, 6) is -1.31. The van der Waals surface area contributed by atoms with E-state index in [1.807, 2.05) is 0 Å². The van der Waals surface area contributed by atoms with Gasteiger partial charge in [-0.25, -0.2) is 14.5 Å². The molecule has 1 amide bonds. The normalized spacial score (nSPS) is 11.3. The molecular formula is C22H21F3N4O3. The Bertz CT molecular complexity index is 1190. The fourth-order valence-electron chi connectivity index (χ4n) is 3.17. The molecule has 0 unspecified atom stereocenters. The third-order valence-corrected chi connectivity index (χ3v) is 4.62. The zero-order valence-corrected chi connectivity index (χ0v) is 17.9. The van der Waals surface area contributed by atoms with Crippen molar-refractivity contribution >= 4 is 17.6 Å². The van der Waals surface area contributed by atoms with Gasteiger partial charge < -0.3 is 10.1 Å². The molecule has 2 aromatic heterocycles. The van der Waals surface area contributed by atoms with Gasteiger partial charge in [-0.2, -0.15) is 18.3 Å². The number of anilines is 1. The van der Waals surface area contributed by atoms with Crippen LogP contribution in [0.5, 0.6) is 0 Å². The summed E-state index contributed by atoms with van der Waals surface area (Å²) < 4.78 is 46.3. The quantitative estimate of drug-likeness (QED) is 0.577. The minimum Gasteiger partial charge on any atom is -0.462 e. The van der Waals surface area contributed by atoms with Gasteiger partial charge in [0, 0.05) is 5.69 Å². The predicted molar refractivity (Wildman–Crippen MR) is 111 cm³/mol. The Labute approximate surface area is 182 Å². The van der Waals surface area contributed by atoms with Crippen LogP contribution in [0.1, 0.15) is 50.4 Å². The second-order valence-corrected chi connectivity index (χ2v) is 7.07. The number of hydrogen-bond acceptors (Lipinski definition) is 5. The highest BCUT2D eigenvalue weighted by atomic mass is 19.4. The molecule has 168 valence electrons. The lowest BCUT2D eigenvalue weighted by atomic mass is 10.1. The SMILES string of the molecule is CCOC(=O)c1ccc(C(=O)Nc2cc(C(F)(F)F)ccc2-n2nc(C)cc2C)nc1C. The van der Waals surface area contributed by atoms with Crippen molar-refractivity contribution in [2.45, 2.75) is 33.9 Å². The number of aryl methyl sites for hydroxylation is 3. The molecule has 0 aliphatic carbocycles. The molecule has 10 heteroatoms. The van der Waals surface area contributed by atoms with E-state index in [1.54, 1.807) is 26.8 Å². The zero-order chi connectivity index (χ0) is 23.6. The summed E-state index contributed by atoms with van der Waals surface area (Å²) in [5, 5.41) is 6.79. The highest BCUT2D eigenvalue weighted by Crippen LogP contribution is 2.34. The number of esters is 1. The zero-order valence-electron chi connectivity index (χ0n) is 17.9. The summed E-state index contributed by atoms with van der Waals surface area (Å²) in [7, 11) is 0. The van der Waals surface area contributed by atoms with Gasteiger partial charge in [0.25, 0.3) is 5.91 Å². The van der Waals surface area contributed by atoms with E-state index in [1.165, 1.54) is 29.8 Å². The molecule has 0 atom stereocenters. The van der Waals surface area contributed by atoms with Crippen LogP contribution in [-0.2, 0) is 10.9 Å². The van der Waals surface area contributed by atoms with Crippen molar-refractivity contribution in [1.82, 2.24) is 14.8 Å². The van der Waals surface area contributed by atoms with Crippen molar-refractivity contribution in [3.05, 3.63) is 70.3 Å².